The molecule has 0 radical (unpaired) electrons. The van der Waals surface area contributed by atoms with Gasteiger partial charge in [0.25, 0.3) is 0 Å². The number of hydrogen-bond acceptors (Lipinski definition) is 4. The number of rotatable bonds is 9. The summed E-state index contributed by atoms with van der Waals surface area (Å²) in [6.45, 7) is 5.03. The molecule has 0 fully saturated rings. The lowest BCUT2D eigenvalue weighted by Gasteiger charge is -2.26. The van der Waals surface area contributed by atoms with Crippen molar-refractivity contribution < 1.29 is 24.2 Å². The second-order valence-electron chi connectivity index (χ2n) is 4.48. The molecule has 7 heteroatoms. The largest absolute Gasteiger partial charge is 0.480 e. The van der Waals surface area contributed by atoms with Crippen LogP contribution in [0.5, 0.6) is 0 Å². The van der Waals surface area contributed by atoms with E-state index < -0.39 is 18.0 Å². The minimum atomic E-state index is -1.04. The van der Waals surface area contributed by atoms with Crippen molar-refractivity contribution in [3.8, 4) is 0 Å². The summed E-state index contributed by atoms with van der Waals surface area (Å²) in [6.07, 6.45) is 0. The van der Waals surface area contributed by atoms with E-state index in [0.29, 0.717) is 26.3 Å². The van der Waals surface area contributed by atoms with Gasteiger partial charge in [0, 0.05) is 27.3 Å². The Morgan fingerprint density at radius 3 is 1.95 bits per heavy atom. The maximum Gasteiger partial charge on any atom is 0.326 e. The number of nitrogens with one attached hydrogen (secondary N) is 1. The van der Waals surface area contributed by atoms with Gasteiger partial charge in [-0.2, -0.15) is 0 Å². The van der Waals surface area contributed by atoms with Crippen LogP contribution < -0.4 is 5.32 Å². The summed E-state index contributed by atoms with van der Waals surface area (Å²) < 4.78 is 9.85. The number of nitrogens with zero attached hydrogens (tertiary/aromatic N) is 1. The fourth-order valence-electron chi connectivity index (χ4n) is 1.46. The van der Waals surface area contributed by atoms with Crippen molar-refractivity contribution in [3.63, 3.8) is 0 Å². The molecule has 0 aromatic carbocycles. The Morgan fingerprint density at radius 2 is 1.63 bits per heavy atom. The molecule has 0 aromatic rings. The van der Waals surface area contributed by atoms with Crippen molar-refractivity contribution in [2.45, 2.75) is 19.9 Å². The van der Waals surface area contributed by atoms with Gasteiger partial charge in [-0.05, 0) is 5.92 Å². The normalized spacial score (nSPS) is 12.3. The molecule has 2 amide bonds. The number of urea groups is 1. The zero-order valence-electron chi connectivity index (χ0n) is 12.0. The van der Waals surface area contributed by atoms with Gasteiger partial charge in [-0.15, -0.1) is 0 Å². The number of carbonyl (C=O) groups excluding carboxylic acids is 1. The zero-order chi connectivity index (χ0) is 14.8. The van der Waals surface area contributed by atoms with E-state index in [1.807, 2.05) is 0 Å². The standard InChI is InChI=1S/C12H24N2O5/c1-9(2)10(11(15)16)13-12(17)14(5-7-18-3)6-8-19-4/h9-10H,5-8H2,1-4H3,(H,13,17)(H,15,16)/t10-/m0/s1. The highest BCUT2D eigenvalue weighted by Crippen LogP contribution is 2.03. The monoisotopic (exact) mass is 276 g/mol. The van der Waals surface area contributed by atoms with E-state index >= 15 is 0 Å². The van der Waals surface area contributed by atoms with Gasteiger partial charge in [0.2, 0.25) is 0 Å². The van der Waals surface area contributed by atoms with Crippen LogP contribution in [-0.4, -0.2) is 68.6 Å². The second kappa shape index (κ2) is 9.57. The summed E-state index contributed by atoms with van der Waals surface area (Å²) in [5.74, 6) is -1.23. The van der Waals surface area contributed by atoms with Crippen LogP contribution in [0.25, 0.3) is 0 Å². The Kier molecular flexibility index (Phi) is 8.90. The first-order chi connectivity index (χ1) is 8.93. The van der Waals surface area contributed by atoms with Crippen molar-refractivity contribution in [3.05, 3.63) is 0 Å². The lowest BCUT2D eigenvalue weighted by molar-refractivity contribution is -0.140. The van der Waals surface area contributed by atoms with Gasteiger partial charge in [-0.1, -0.05) is 13.8 Å². The molecule has 0 saturated carbocycles. The van der Waals surface area contributed by atoms with E-state index in [4.69, 9.17) is 14.6 Å². The average molecular weight is 276 g/mol. The predicted molar refractivity (Wildman–Crippen MR) is 70.1 cm³/mol. The molecular formula is C12H24N2O5. The van der Waals surface area contributed by atoms with Crippen LogP contribution in [0.15, 0.2) is 0 Å². The quantitative estimate of drug-likeness (QED) is 0.636. The van der Waals surface area contributed by atoms with Crippen LogP contribution in [0.4, 0.5) is 4.79 Å². The van der Waals surface area contributed by atoms with Crippen molar-refractivity contribution in [1.82, 2.24) is 10.2 Å². The fraction of sp³-hybridized carbons (Fsp3) is 0.833. The molecule has 0 aromatic heterocycles. The molecule has 0 saturated heterocycles. The maximum atomic E-state index is 12.0. The van der Waals surface area contributed by atoms with E-state index in [0.717, 1.165) is 0 Å². The van der Waals surface area contributed by atoms with Crippen LogP contribution in [0.2, 0.25) is 0 Å². The molecule has 7 nitrogen and oxygen atoms in total. The van der Waals surface area contributed by atoms with Crippen LogP contribution >= 0.6 is 0 Å². The molecule has 0 heterocycles. The van der Waals surface area contributed by atoms with Crippen LogP contribution in [-0.2, 0) is 14.3 Å². The Morgan fingerprint density at radius 1 is 1.16 bits per heavy atom. The number of amides is 2. The highest BCUT2D eigenvalue weighted by Gasteiger charge is 2.25. The van der Waals surface area contributed by atoms with Crippen LogP contribution in [0.3, 0.4) is 0 Å². The summed E-state index contributed by atoms with van der Waals surface area (Å²) in [4.78, 5) is 24.5. The van der Waals surface area contributed by atoms with Crippen LogP contribution in [0.1, 0.15) is 13.8 Å². The molecule has 0 aliphatic heterocycles. The zero-order valence-corrected chi connectivity index (χ0v) is 12.0. The molecule has 0 bridgehead atoms. The van der Waals surface area contributed by atoms with Gasteiger partial charge in [0.15, 0.2) is 0 Å². The fourth-order valence-corrected chi connectivity index (χ4v) is 1.46. The first-order valence-electron chi connectivity index (χ1n) is 6.20. The first-order valence-corrected chi connectivity index (χ1v) is 6.20. The third kappa shape index (κ3) is 6.97. The molecule has 1 atom stereocenters. The number of carbonyl (C=O) groups is 2. The molecule has 0 unspecified atom stereocenters. The van der Waals surface area contributed by atoms with E-state index in [-0.39, 0.29) is 5.92 Å². The van der Waals surface area contributed by atoms with E-state index in [2.05, 4.69) is 5.32 Å². The lowest BCUT2D eigenvalue weighted by Crippen LogP contribution is -2.51. The third-order valence-electron chi connectivity index (χ3n) is 2.63. The van der Waals surface area contributed by atoms with Gasteiger partial charge >= 0.3 is 12.0 Å². The minimum absolute atomic E-state index is 0.187. The second-order valence-corrected chi connectivity index (χ2v) is 4.48. The van der Waals surface area contributed by atoms with Crippen molar-refractivity contribution in [2.75, 3.05) is 40.5 Å². The molecule has 2 N–H and O–H groups in total. The molecule has 0 aliphatic rings. The van der Waals surface area contributed by atoms with Crippen LogP contribution in [0, 0.1) is 5.92 Å². The topological polar surface area (TPSA) is 88.1 Å². The molecule has 0 rings (SSSR count). The van der Waals surface area contributed by atoms with E-state index in [1.165, 1.54) is 4.90 Å². The molecular weight excluding hydrogens is 252 g/mol. The minimum Gasteiger partial charge on any atom is -0.480 e. The van der Waals surface area contributed by atoms with Crippen molar-refractivity contribution >= 4 is 12.0 Å². The summed E-state index contributed by atoms with van der Waals surface area (Å²) >= 11 is 0. The number of methoxy groups -OCH3 is 2. The summed E-state index contributed by atoms with van der Waals surface area (Å²) in [5.41, 5.74) is 0. The van der Waals surface area contributed by atoms with E-state index in [9.17, 15) is 9.59 Å². The van der Waals surface area contributed by atoms with E-state index in [1.54, 1.807) is 28.1 Å². The molecule has 0 spiro atoms. The Bertz CT molecular complexity index is 275. The summed E-state index contributed by atoms with van der Waals surface area (Å²) in [6, 6.07) is -1.32. The molecule has 19 heavy (non-hydrogen) atoms. The maximum absolute atomic E-state index is 12.0. The van der Waals surface area contributed by atoms with Gasteiger partial charge in [-0.25, -0.2) is 9.59 Å². The number of ether oxygens (including phenoxy) is 2. The highest BCUT2D eigenvalue weighted by atomic mass is 16.5. The number of carboxylic acids is 1. The van der Waals surface area contributed by atoms with Crippen molar-refractivity contribution in [2.24, 2.45) is 5.92 Å². The van der Waals surface area contributed by atoms with Gasteiger partial charge < -0.3 is 24.8 Å². The predicted octanol–water partition coefficient (Wildman–Crippen LogP) is 0.400. The number of hydrogen-bond donors (Lipinski definition) is 2. The van der Waals surface area contributed by atoms with Gasteiger partial charge in [-0.3, -0.25) is 0 Å². The summed E-state index contributed by atoms with van der Waals surface area (Å²) in [5, 5.41) is 11.6. The Labute approximate surface area is 113 Å². The number of aliphatic carboxylic acids is 1. The van der Waals surface area contributed by atoms with Gasteiger partial charge in [0.05, 0.1) is 13.2 Å². The van der Waals surface area contributed by atoms with Gasteiger partial charge in [0.1, 0.15) is 6.04 Å². The van der Waals surface area contributed by atoms with Crippen molar-refractivity contribution in [1.29, 1.82) is 0 Å². The number of carboxylic acid groups (broad SMARTS) is 1. The average Bonchev–Trinajstić information content (AvgIpc) is 2.35. The smallest absolute Gasteiger partial charge is 0.326 e. The highest BCUT2D eigenvalue weighted by molar-refractivity contribution is 5.82. The first kappa shape index (κ1) is 17.7. The third-order valence-corrected chi connectivity index (χ3v) is 2.63. The SMILES string of the molecule is COCCN(CCOC)C(=O)N[C@H](C(=O)O)C(C)C. The lowest BCUT2D eigenvalue weighted by atomic mass is 10.1. The molecule has 112 valence electrons. The summed E-state index contributed by atoms with van der Waals surface area (Å²) in [7, 11) is 3.08. The Balaban J connectivity index is 4.54. The molecule has 0 aliphatic carbocycles. The Hall–Kier alpha value is -1.34.